The predicted octanol–water partition coefficient (Wildman–Crippen LogP) is 2.96. The van der Waals surface area contributed by atoms with E-state index in [0.29, 0.717) is 11.3 Å². The topological polar surface area (TPSA) is 72.2 Å². The largest absolute Gasteiger partial charge is 0.399 e. The molecule has 7 heteroatoms. The number of hydrogen-bond acceptors (Lipinski definition) is 3. The molecule has 0 heterocycles. The molecule has 0 aliphatic rings. The SMILES string of the molecule is Cc1cc(S(=O)(=O)Nc2c(F)ccc(C)c2F)ccc1N. The molecule has 0 unspecified atom stereocenters. The van der Waals surface area contributed by atoms with Crippen LogP contribution in [-0.2, 0) is 10.0 Å². The minimum Gasteiger partial charge on any atom is -0.399 e. The van der Waals surface area contributed by atoms with Gasteiger partial charge in [-0.2, -0.15) is 0 Å². The highest BCUT2D eigenvalue weighted by molar-refractivity contribution is 7.92. The normalized spacial score (nSPS) is 11.4. The second-order valence-electron chi connectivity index (χ2n) is 4.68. The maximum atomic E-state index is 13.9. The molecule has 21 heavy (non-hydrogen) atoms. The first-order valence-electron chi connectivity index (χ1n) is 6.06. The zero-order valence-corrected chi connectivity index (χ0v) is 12.3. The van der Waals surface area contributed by atoms with Crippen molar-refractivity contribution in [2.24, 2.45) is 0 Å². The summed E-state index contributed by atoms with van der Waals surface area (Å²) in [6, 6.07) is 6.27. The lowest BCUT2D eigenvalue weighted by Crippen LogP contribution is -2.16. The molecule has 0 aliphatic carbocycles. The molecule has 0 saturated heterocycles. The number of benzene rings is 2. The van der Waals surface area contributed by atoms with Crippen LogP contribution in [0.2, 0.25) is 0 Å². The van der Waals surface area contributed by atoms with E-state index in [1.54, 1.807) is 6.92 Å². The highest BCUT2D eigenvalue weighted by Gasteiger charge is 2.20. The third-order valence-corrected chi connectivity index (χ3v) is 4.42. The van der Waals surface area contributed by atoms with Crippen molar-refractivity contribution in [3.05, 3.63) is 53.1 Å². The van der Waals surface area contributed by atoms with Crippen molar-refractivity contribution in [3.8, 4) is 0 Å². The summed E-state index contributed by atoms with van der Waals surface area (Å²) in [6.07, 6.45) is 0. The maximum Gasteiger partial charge on any atom is 0.262 e. The molecule has 0 amide bonds. The molecule has 0 bridgehead atoms. The van der Waals surface area contributed by atoms with Crippen LogP contribution in [0.25, 0.3) is 0 Å². The summed E-state index contributed by atoms with van der Waals surface area (Å²) in [5.74, 6) is -1.92. The van der Waals surface area contributed by atoms with Crippen molar-refractivity contribution in [1.29, 1.82) is 0 Å². The Morgan fingerprint density at radius 3 is 2.33 bits per heavy atom. The molecule has 0 saturated carbocycles. The number of sulfonamides is 1. The lowest BCUT2D eigenvalue weighted by molar-refractivity contribution is 0.579. The Morgan fingerprint density at radius 2 is 1.71 bits per heavy atom. The summed E-state index contributed by atoms with van der Waals surface area (Å²) < 4.78 is 53.8. The first-order valence-corrected chi connectivity index (χ1v) is 7.54. The van der Waals surface area contributed by atoms with Gasteiger partial charge in [-0.05, 0) is 49.2 Å². The van der Waals surface area contributed by atoms with Crippen LogP contribution in [0.1, 0.15) is 11.1 Å². The van der Waals surface area contributed by atoms with Gasteiger partial charge in [0.1, 0.15) is 11.5 Å². The van der Waals surface area contributed by atoms with Crippen molar-refractivity contribution in [1.82, 2.24) is 0 Å². The van der Waals surface area contributed by atoms with Crippen LogP contribution in [0, 0.1) is 25.5 Å². The number of nitrogens with two attached hydrogens (primary N) is 1. The van der Waals surface area contributed by atoms with Gasteiger partial charge in [-0.25, -0.2) is 17.2 Å². The van der Waals surface area contributed by atoms with Gasteiger partial charge < -0.3 is 5.73 Å². The van der Waals surface area contributed by atoms with E-state index in [-0.39, 0.29) is 10.5 Å². The van der Waals surface area contributed by atoms with Crippen LogP contribution >= 0.6 is 0 Å². The molecule has 0 spiro atoms. The highest BCUT2D eigenvalue weighted by Crippen LogP contribution is 2.25. The van der Waals surface area contributed by atoms with E-state index in [1.807, 2.05) is 4.72 Å². The molecular weight excluding hydrogens is 298 g/mol. The van der Waals surface area contributed by atoms with E-state index in [1.165, 1.54) is 31.2 Å². The van der Waals surface area contributed by atoms with Gasteiger partial charge in [-0.3, -0.25) is 4.72 Å². The fourth-order valence-electron chi connectivity index (χ4n) is 1.76. The molecular formula is C14H14F2N2O2S. The van der Waals surface area contributed by atoms with Crippen LogP contribution in [0.15, 0.2) is 35.2 Å². The molecule has 2 rings (SSSR count). The second-order valence-corrected chi connectivity index (χ2v) is 6.36. The Labute approximate surface area is 121 Å². The third kappa shape index (κ3) is 2.97. The van der Waals surface area contributed by atoms with Crippen LogP contribution in [-0.4, -0.2) is 8.42 Å². The van der Waals surface area contributed by atoms with Crippen LogP contribution in [0.3, 0.4) is 0 Å². The van der Waals surface area contributed by atoms with Gasteiger partial charge in [0, 0.05) is 5.69 Å². The zero-order chi connectivity index (χ0) is 15.8. The van der Waals surface area contributed by atoms with E-state index >= 15 is 0 Å². The average Bonchev–Trinajstić information content (AvgIpc) is 2.42. The van der Waals surface area contributed by atoms with Gasteiger partial charge >= 0.3 is 0 Å². The Balaban J connectivity index is 2.47. The van der Waals surface area contributed by atoms with E-state index < -0.39 is 27.3 Å². The first kappa shape index (κ1) is 15.2. The molecule has 112 valence electrons. The Bertz CT molecular complexity index is 805. The summed E-state index contributed by atoms with van der Waals surface area (Å²) in [7, 11) is -4.10. The van der Waals surface area contributed by atoms with Gasteiger partial charge in [-0.1, -0.05) is 6.07 Å². The summed E-state index contributed by atoms with van der Waals surface area (Å²) in [6.45, 7) is 3.06. The molecule has 0 aromatic heterocycles. The molecule has 0 atom stereocenters. The molecule has 2 aromatic rings. The monoisotopic (exact) mass is 312 g/mol. The molecule has 0 radical (unpaired) electrons. The number of nitrogen functional groups attached to an aromatic ring is 1. The minimum atomic E-state index is -4.10. The summed E-state index contributed by atoms with van der Waals surface area (Å²) >= 11 is 0. The Kier molecular flexibility index (Phi) is 3.87. The number of hydrogen-bond donors (Lipinski definition) is 2. The Hall–Kier alpha value is -2.15. The average molecular weight is 312 g/mol. The van der Waals surface area contributed by atoms with Gasteiger partial charge in [0.05, 0.1) is 4.90 Å². The second kappa shape index (κ2) is 5.33. The molecule has 3 N–H and O–H groups in total. The lowest BCUT2D eigenvalue weighted by atomic mass is 10.2. The number of aryl methyl sites for hydroxylation is 2. The van der Waals surface area contributed by atoms with Crippen LogP contribution in [0.4, 0.5) is 20.2 Å². The Morgan fingerprint density at radius 1 is 1.05 bits per heavy atom. The molecule has 0 fully saturated rings. The van der Waals surface area contributed by atoms with E-state index in [4.69, 9.17) is 5.73 Å². The van der Waals surface area contributed by atoms with Gasteiger partial charge in [0.25, 0.3) is 10.0 Å². The smallest absolute Gasteiger partial charge is 0.262 e. The van der Waals surface area contributed by atoms with Gasteiger partial charge in [-0.15, -0.1) is 0 Å². The quantitative estimate of drug-likeness (QED) is 0.856. The van der Waals surface area contributed by atoms with Crippen molar-refractivity contribution < 1.29 is 17.2 Å². The molecule has 2 aromatic carbocycles. The van der Waals surface area contributed by atoms with Crippen molar-refractivity contribution in [3.63, 3.8) is 0 Å². The number of halogens is 2. The summed E-state index contributed by atoms with van der Waals surface area (Å²) in [5, 5.41) is 0. The maximum absolute atomic E-state index is 13.9. The number of nitrogens with one attached hydrogen (secondary N) is 1. The van der Waals surface area contributed by atoms with Gasteiger partial charge in [0.2, 0.25) is 0 Å². The molecule has 4 nitrogen and oxygen atoms in total. The number of anilines is 2. The summed E-state index contributed by atoms with van der Waals surface area (Å²) in [5.41, 5.74) is 6.06. The van der Waals surface area contributed by atoms with Crippen LogP contribution < -0.4 is 10.5 Å². The van der Waals surface area contributed by atoms with Crippen molar-refractivity contribution in [2.75, 3.05) is 10.5 Å². The first-order chi connectivity index (χ1) is 9.72. The highest BCUT2D eigenvalue weighted by atomic mass is 32.2. The molecule has 0 aliphatic heterocycles. The fourth-order valence-corrected chi connectivity index (χ4v) is 2.91. The third-order valence-electron chi connectivity index (χ3n) is 3.07. The minimum absolute atomic E-state index is 0.116. The van der Waals surface area contributed by atoms with E-state index in [9.17, 15) is 17.2 Å². The lowest BCUT2D eigenvalue weighted by Gasteiger charge is -2.12. The van der Waals surface area contributed by atoms with Crippen molar-refractivity contribution in [2.45, 2.75) is 18.7 Å². The van der Waals surface area contributed by atoms with E-state index in [2.05, 4.69) is 0 Å². The number of rotatable bonds is 3. The van der Waals surface area contributed by atoms with Crippen LogP contribution in [0.5, 0.6) is 0 Å². The fraction of sp³-hybridized carbons (Fsp3) is 0.143. The van der Waals surface area contributed by atoms with Crippen molar-refractivity contribution >= 4 is 21.4 Å². The predicted molar refractivity (Wildman–Crippen MR) is 77.5 cm³/mol. The van der Waals surface area contributed by atoms with Gasteiger partial charge in [0.15, 0.2) is 5.82 Å². The standard InChI is InChI=1S/C14H14F2N2O2S/c1-8-3-5-11(15)14(13(8)16)18-21(19,20)10-4-6-12(17)9(2)7-10/h3-7,18H,17H2,1-2H3. The van der Waals surface area contributed by atoms with E-state index in [0.717, 1.165) is 6.07 Å². The zero-order valence-electron chi connectivity index (χ0n) is 11.4. The summed E-state index contributed by atoms with van der Waals surface area (Å²) in [4.78, 5) is -0.116.